The topological polar surface area (TPSA) is 8.81 Å². The van der Waals surface area contributed by atoms with Crippen molar-refractivity contribution in [2.24, 2.45) is 0 Å². The lowest BCUT2D eigenvalue weighted by molar-refractivity contribution is -0.674. The van der Waals surface area contributed by atoms with Gasteiger partial charge in [-0.3, -0.25) is 0 Å². The van der Waals surface area contributed by atoms with Gasteiger partial charge in [-0.05, 0) is 61.7 Å². The lowest BCUT2D eigenvalue weighted by Crippen LogP contribution is -2.35. The highest BCUT2D eigenvalue weighted by atomic mass is 15.0. The predicted molar refractivity (Wildman–Crippen MR) is 123 cm³/mol. The van der Waals surface area contributed by atoms with E-state index in [2.05, 4.69) is 102 Å². The first kappa shape index (κ1) is 17.7. The molecule has 2 aromatic heterocycles. The molecule has 0 aliphatic carbocycles. The van der Waals surface area contributed by atoms with Crippen LogP contribution in [0.1, 0.15) is 12.5 Å². The summed E-state index contributed by atoms with van der Waals surface area (Å²) in [4.78, 5) is 0. The molecular formula is C27H25N2+. The van der Waals surface area contributed by atoms with Crippen LogP contribution in [0.15, 0.2) is 85.6 Å². The summed E-state index contributed by atoms with van der Waals surface area (Å²) in [6, 6.07) is 24.4. The van der Waals surface area contributed by atoms with Crippen LogP contribution in [0, 0.1) is 6.92 Å². The Morgan fingerprint density at radius 1 is 0.897 bits per heavy atom. The van der Waals surface area contributed by atoms with Crippen molar-refractivity contribution in [2.75, 3.05) is 0 Å². The Labute approximate surface area is 171 Å². The van der Waals surface area contributed by atoms with Crippen LogP contribution in [0.25, 0.3) is 43.8 Å². The fourth-order valence-electron chi connectivity index (χ4n) is 4.48. The average Bonchev–Trinajstić information content (AvgIpc) is 3.04. The summed E-state index contributed by atoms with van der Waals surface area (Å²) in [6.07, 6.45) is 4.23. The number of benzene rings is 3. The van der Waals surface area contributed by atoms with E-state index in [-0.39, 0.29) is 0 Å². The normalized spacial score (nSPS) is 11.5. The number of nitrogens with zero attached hydrogens (tertiary/aromatic N) is 2. The van der Waals surface area contributed by atoms with Crippen molar-refractivity contribution in [3.63, 3.8) is 0 Å². The maximum Gasteiger partial charge on any atom is 0.213 e. The molecule has 3 aromatic carbocycles. The monoisotopic (exact) mass is 377 g/mol. The van der Waals surface area contributed by atoms with E-state index in [9.17, 15) is 0 Å². The molecule has 0 bridgehead atoms. The molecule has 0 N–H and O–H groups in total. The maximum absolute atomic E-state index is 3.96. The summed E-state index contributed by atoms with van der Waals surface area (Å²) in [7, 11) is 0. The minimum atomic E-state index is 0.786. The van der Waals surface area contributed by atoms with Crippen LogP contribution in [0.3, 0.4) is 0 Å². The van der Waals surface area contributed by atoms with Crippen LogP contribution in [-0.2, 0) is 13.1 Å². The molecule has 29 heavy (non-hydrogen) atoms. The molecule has 0 atom stereocenters. The van der Waals surface area contributed by atoms with Crippen molar-refractivity contribution >= 4 is 32.6 Å². The molecule has 0 saturated carbocycles. The van der Waals surface area contributed by atoms with Gasteiger partial charge in [0.05, 0.1) is 0 Å². The van der Waals surface area contributed by atoms with Crippen molar-refractivity contribution in [2.45, 2.75) is 26.9 Å². The van der Waals surface area contributed by atoms with Gasteiger partial charge in [0.1, 0.15) is 0 Å². The Bertz CT molecular complexity index is 1370. The molecule has 0 unspecified atom stereocenters. The predicted octanol–water partition coefficient (Wildman–Crippen LogP) is 6.42. The fraction of sp³-hybridized carbons (Fsp3) is 0.148. The Balaban J connectivity index is 1.87. The number of aromatic nitrogens is 2. The van der Waals surface area contributed by atoms with Gasteiger partial charge in [0, 0.05) is 45.4 Å². The molecule has 2 heteroatoms. The van der Waals surface area contributed by atoms with Gasteiger partial charge in [0.2, 0.25) is 5.69 Å². The van der Waals surface area contributed by atoms with Gasteiger partial charge >= 0.3 is 0 Å². The molecule has 5 aromatic rings. The molecule has 0 spiro atoms. The molecule has 2 heterocycles. The summed E-state index contributed by atoms with van der Waals surface area (Å²) in [5, 5.41) is 5.20. The summed E-state index contributed by atoms with van der Waals surface area (Å²) < 4.78 is 4.72. The minimum absolute atomic E-state index is 0.786. The minimum Gasteiger partial charge on any atom is -0.341 e. The number of pyridine rings is 1. The van der Waals surface area contributed by atoms with Crippen LogP contribution < -0.4 is 4.57 Å². The van der Waals surface area contributed by atoms with E-state index in [0.717, 1.165) is 13.1 Å². The highest BCUT2D eigenvalue weighted by molar-refractivity contribution is 6.12. The first-order valence-electron chi connectivity index (χ1n) is 10.3. The van der Waals surface area contributed by atoms with Crippen LogP contribution >= 0.6 is 0 Å². The SMILES string of the molecule is C=CC[n+]1cc2cc3c4cc(C)ccc4n(CC)c3cc2cc1-c1ccccc1. The number of rotatable bonds is 4. The van der Waals surface area contributed by atoms with E-state index in [1.807, 2.05) is 6.08 Å². The summed E-state index contributed by atoms with van der Waals surface area (Å²) in [5.74, 6) is 0. The molecule has 5 rings (SSSR count). The number of hydrogen-bond donors (Lipinski definition) is 0. The zero-order chi connectivity index (χ0) is 20.0. The number of fused-ring (bicyclic) bond motifs is 4. The Kier molecular flexibility index (Phi) is 4.21. The zero-order valence-electron chi connectivity index (χ0n) is 17.0. The summed E-state index contributed by atoms with van der Waals surface area (Å²) >= 11 is 0. The first-order valence-corrected chi connectivity index (χ1v) is 10.3. The highest BCUT2D eigenvalue weighted by Crippen LogP contribution is 2.33. The van der Waals surface area contributed by atoms with Gasteiger partial charge in [-0.25, -0.2) is 0 Å². The van der Waals surface area contributed by atoms with Crippen LogP contribution in [0.4, 0.5) is 0 Å². The van der Waals surface area contributed by atoms with E-state index in [1.54, 1.807) is 0 Å². The van der Waals surface area contributed by atoms with Gasteiger partial charge in [-0.1, -0.05) is 36.4 Å². The second-order valence-electron chi connectivity index (χ2n) is 7.73. The van der Waals surface area contributed by atoms with Crippen molar-refractivity contribution in [1.29, 1.82) is 0 Å². The number of hydrogen-bond acceptors (Lipinski definition) is 0. The van der Waals surface area contributed by atoms with E-state index >= 15 is 0 Å². The average molecular weight is 378 g/mol. The molecule has 0 amide bonds. The van der Waals surface area contributed by atoms with Gasteiger partial charge in [-0.2, -0.15) is 4.57 Å². The van der Waals surface area contributed by atoms with Crippen LogP contribution in [0.2, 0.25) is 0 Å². The largest absolute Gasteiger partial charge is 0.341 e. The lowest BCUT2D eigenvalue weighted by atomic mass is 10.0. The van der Waals surface area contributed by atoms with Crippen molar-refractivity contribution in [3.8, 4) is 11.3 Å². The van der Waals surface area contributed by atoms with Crippen molar-refractivity contribution < 1.29 is 4.57 Å². The van der Waals surface area contributed by atoms with Gasteiger partial charge in [-0.15, -0.1) is 0 Å². The van der Waals surface area contributed by atoms with Gasteiger partial charge in [0.15, 0.2) is 12.7 Å². The van der Waals surface area contributed by atoms with E-state index in [1.165, 1.54) is 49.4 Å². The van der Waals surface area contributed by atoms with Gasteiger partial charge in [0.25, 0.3) is 0 Å². The third kappa shape index (κ3) is 2.84. The highest BCUT2D eigenvalue weighted by Gasteiger charge is 2.17. The number of allylic oxidation sites excluding steroid dienone is 1. The standard InChI is InChI=1S/C27H25N2/c1-4-13-28-18-22-15-24-23-14-19(3)11-12-25(23)29(5-2)27(24)17-21(22)16-26(28)20-9-7-6-8-10-20/h4,6-12,14-18H,1,5,13H2,2-3H3/q+1. The summed E-state index contributed by atoms with van der Waals surface area (Å²) in [5.41, 5.74) is 6.36. The fourth-order valence-corrected chi connectivity index (χ4v) is 4.48. The van der Waals surface area contributed by atoms with Crippen LogP contribution in [0.5, 0.6) is 0 Å². The quantitative estimate of drug-likeness (QED) is 0.252. The number of aryl methyl sites for hydroxylation is 2. The van der Waals surface area contributed by atoms with Gasteiger partial charge < -0.3 is 4.57 Å². The second kappa shape index (κ2) is 6.89. The lowest BCUT2D eigenvalue weighted by Gasteiger charge is -2.07. The Hall–Kier alpha value is -3.39. The zero-order valence-corrected chi connectivity index (χ0v) is 17.0. The molecule has 0 aliphatic rings. The second-order valence-corrected chi connectivity index (χ2v) is 7.73. The smallest absolute Gasteiger partial charge is 0.213 e. The van der Waals surface area contributed by atoms with E-state index in [0.29, 0.717) is 0 Å². The molecule has 0 saturated heterocycles. The van der Waals surface area contributed by atoms with E-state index in [4.69, 9.17) is 0 Å². The third-order valence-electron chi connectivity index (χ3n) is 5.83. The molecular weight excluding hydrogens is 352 g/mol. The Morgan fingerprint density at radius 3 is 2.45 bits per heavy atom. The Morgan fingerprint density at radius 2 is 1.69 bits per heavy atom. The third-order valence-corrected chi connectivity index (χ3v) is 5.83. The first-order chi connectivity index (χ1) is 14.2. The molecule has 0 aliphatic heterocycles. The molecule has 142 valence electrons. The summed E-state index contributed by atoms with van der Waals surface area (Å²) in [6.45, 7) is 10.1. The van der Waals surface area contributed by atoms with Crippen LogP contribution in [-0.4, -0.2) is 4.57 Å². The molecule has 2 nitrogen and oxygen atoms in total. The van der Waals surface area contributed by atoms with E-state index < -0.39 is 0 Å². The molecule has 0 radical (unpaired) electrons. The maximum atomic E-state index is 3.96. The molecule has 0 fully saturated rings. The van der Waals surface area contributed by atoms with Crippen molar-refractivity contribution in [3.05, 3.63) is 91.1 Å². The van der Waals surface area contributed by atoms with Crippen molar-refractivity contribution in [1.82, 2.24) is 4.57 Å².